The lowest BCUT2D eigenvalue weighted by atomic mass is 9.94. The van der Waals surface area contributed by atoms with Crippen molar-refractivity contribution in [3.63, 3.8) is 0 Å². The van der Waals surface area contributed by atoms with Gasteiger partial charge in [0.15, 0.2) is 0 Å². The molecule has 0 bridgehead atoms. The molecule has 2 fully saturated rings. The van der Waals surface area contributed by atoms with Gasteiger partial charge in [0.1, 0.15) is 0 Å². The Morgan fingerprint density at radius 1 is 1.25 bits per heavy atom. The fraction of sp³-hybridized carbons (Fsp3) is 1.00. The van der Waals surface area contributed by atoms with E-state index in [1.807, 2.05) is 0 Å². The van der Waals surface area contributed by atoms with Gasteiger partial charge in [-0.05, 0) is 43.6 Å². The monoisotopic (exact) mass is 191 g/mol. The largest absolute Gasteiger partial charge is 0.381 e. The van der Waals surface area contributed by atoms with Crippen LogP contribution >= 0.6 is 12.4 Å². The molecular weight excluding hydrogens is 174 g/mol. The average molecular weight is 192 g/mol. The highest BCUT2D eigenvalue weighted by molar-refractivity contribution is 5.85. The van der Waals surface area contributed by atoms with Gasteiger partial charge in [0.05, 0.1) is 0 Å². The van der Waals surface area contributed by atoms with Crippen LogP contribution in [-0.2, 0) is 4.74 Å². The van der Waals surface area contributed by atoms with Crippen LogP contribution in [0.5, 0.6) is 0 Å². The fourth-order valence-electron chi connectivity index (χ4n) is 2.26. The van der Waals surface area contributed by atoms with E-state index in [9.17, 15) is 0 Å². The molecule has 2 atom stereocenters. The summed E-state index contributed by atoms with van der Waals surface area (Å²) >= 11 is 0. The maximum absolute atomic E-state index is 5.60. The van der Waals surface area contributed by atoms with Crippen molar-refractivity contribution >= 4 is 12.4 Å². The van der Waals surface area contributed by atoms with Crippen LogP contribution in [0.2, 0.25) is 0 Å². The van der Waals surface area contributed by atoms with E-state index in [1.54, 1.807) is 0 Å². The molecule has 2 rings (SSSR count). The summed E-state index contributed by atoms with van der Waals surface area (Å²) < 4.78 is 5.32. The molecule has 1 aliphatic heterocycles. The van der Waals surface area contributed by atoms with Crippen molar-refractivity contribution in [3.8, 4) is 0 Å². The zero-order valence-corrected chi connectivity index (χ0v) is 8.19. The molecule has 1 saturated carbocycles. The molecule has 0 aromatic rings. The summed E-state index contributed by atoms with van der Waals surface area (Å²) in [7, 11) is 0. The first-order valence-electron chi connectivity index (χ1n) is 4.69. The van der Waals surface area contributed by atoms with Gasteiger partial charge in [-0.3, -0.25) is 0 Å². The topological polar surface area (TPSA) is 35.2 Å². The van der Waals surface area contributed by atoms with Crippen molar-refractivity contribution in [2.24, 2.45) is 23.5 Å². The summed E-state index contributed by atoms with van der Waals surface area (Å²) in [6.07, 6.45) is 3.95. The Hall–Kier alpha value is 0.210. The molecule has 3 heteroatoms. The van der Waals surface area contributed by atoms with Gasteiger partial charge in [-0.15, -0.1) is 12.4 Å². The molecule has 0 unspecified atom stereocenters. The van der Waals surface area contributed by atoms with E-state index in [2.05, 4.69) is 0 Å². The Balaban J connectivity index is 0.000000720. The highest BCUT2D eigenvalue weighted by atomic mass is 35.5. The second kappa shape index (κ2) is 4.45. The Morgan fingerprint density at radius 3 is 2.42 bits per heavy atom. The Bertz CT molecular complexity index is 136. The smallest absolute Gasteiger partial charge is 0.0468 e. The van der Waals surface area contributed by atoms with Gasteiger partial charge < -0.3 is 10.5 Å². The molecule has 2 nitrogen and oxygen atoms in total. The molecule has 1 saturated heterocycles. The molecule has 0 radical (unpaired) electrons. The van der Waals surface area contributed by atoms with Gasteiger partial charge in [-0.2, -0.15) is 0 Å². The summed E-state index contributed by atoms with van der Waals surface area (Å²) in [5.74, 6) is 2.76. The van der Waals surface area contributed by atoms with Crippen LogP contribution in [0, 0.1) is 17.8 Å². The van der Waals surface area contributed by atoms with E-state index >= 15 is 0 Å². The van der Waals surface area contributed by atoms with Crippen molar-refractivity contribution in [3.05, 3.63) is 0 Å². The SMILES string of the molecule is Cl.NC[C@@H]1C[C@H]1C1CCOCC1. The second-order valence-corrected chi connectivity index (χ2v) is 3.85. The van der Waals surface area contributed by atoms with E-state index in [0.717, 1.165) is 37.5 Å². The molecule has 0 amide bonds. The van der Waals surface area contributed by atoms with Gasteiger partial charge in [0, 0.05) is 13.2 Å². The zero-order chi connectivity index (χ0) is 7.68. The first-order valence-corrected chi connectivity index (χ1v) is 4.69. The Kier molecular flexibility index (Phi) is 3.81. The minimum atomic E-state index is 0. The molecule has 0 aromatic carbocycles. The predicted molar refractivity (Wildman–Crippen MR) is 51.4 cm³/mol. The third-order valence-electron chi connectivity index (χ3n) is 3.15. The van der Waals surface area contributed by atoms with E-state index in [4.69, 9.17) is 10.5 Å². The van der Waals surface area contributed by atoms with Crippen LogP contribution in [0.4, 0.5) is 0 Å². The van der Waals surface area contributed by atoms with Crippen LogP contribution in [0.1, 0.15) is 19.3 Å². The lowest BCUT2D eigenvalue weighted by Crippen LogP contribution is -2.19. The maximum atomic E-state index is 5.60. The van der Waals surface area contributed by atoms with E-state index in [1.165, 1.54) is 19.3 Å². The molecule has 1 heterocycles. The number of hydrogen-bond acceptors (Lipinski definition) is 2. The van der Waals surface area contributed by atoms with Crippen LogP contribution in [0.3, 0.4) is 0 Å². The summed E-state index contributed by atoms with van der Waals surface area (Å²) in [6.45, 7) is 2.87. The van der Waals surface area contributed by atoms with E-state index < -0.39 is 0 Å². The first kappa shape index (κ1) is 10.3. The normalized spacial score (nSPS) is 35.8. The second-order valence-electron chi connectivity index (χ2n) is 3.85. The highest BCUT2D eigenvalue weighted by Crippen LogP contribution is 2.46. The summed E-state index contributed by atoms with van der Waals surface area (Å²) in [5, 5.41) is 0. The van der Waals surface area contributed by atoms with Crippen LogP contribution < -0.4 is 5.73 Å². The average Bonchev–Trinajstić information content (AvgIpc) is 2.85. The van der Waals surface area contributed by atoms with Crippen molar-refractivity contribution < 1.29 is 4.74 Å². The molecule has 2 N–H and O–H groups in total. The number of nitrogens with two attached hydrogens (primary N) is 1. The van der Waals surface area contributed by atoms with Crippen molar-refractivity contribution in [1.82, 2.24) is 0 Å². The zero-order valence-electron chi connectivity index (χ0n) is 7.37. The predicted octanol–water partition coefficient (Wildman–Crippen LogP) is 1.43. The number of rotatable bonds is 2. The van der Waals surface area contributed by atoms with E-state index in [0.29, 0.717) is 0 Å². The standard InChI is InChI=1S/C9H17NO.ClH/c10-6-8-5-9(8)7-1-3-11-4-2-7;/h7-9H,1-6,10H2;1H/t8-,9-;/m0./s1. The van der Waals surface area contributed by atoms with Crippen molar-refractivity contribution in [2.45, 2.75) is 19.3 Å². The van der Waals surface area contributed by atoms with Crippen molar-refractivity contribution in [1.29, 1.82) is 0 Å². The van der Waals surface area contributed by atoms with Gasteiger partial charge in [0.25, 0.3) is 0 Å². The third kappa shape index (κ3) is 2.12. The van der Waals surface area contributed by atoms with Crippen LogP contribution in [0.25, 0.3) is 0 Å². The Morgan fingerprint density at radius 2 is 1.92 bits per heavy atom. The number of halogens is 1. The summed E-state index contributed by atoms with van der Waals surface area (Å²) in [5.41, 5.74) is 5.60. The van der Waals surface area contributed by atoms with Gasteiger partial charge in [0.2, 0.25) is 0 Å². The fourth-order valence-corrected chi connectivity index (χ4v) is 2.26. The highest BCUT2D eigenvalue weighted by Gasteiger charge is 2.41. The molecule has 1 aliphatic carbocycles. The van der Waals surface area contributed by atoms with Gasteiger partial charge in [-0.1, -0.05) is 0 Å². The summed E-state index contributed by atoms with van der Waals surface area (Å²) in [6, 6.07) is 0. The van der Waals surface area contributed by atoms with E-state index in [-0.39, 0.29) is 12.4 Å². The molecule has 12 heavy (non-hydrogen) atoms. The first-order chi connectivity index (χ1) is 5.42. The minimum Gasteiger partial charge on any atom is -0.381 e. The Labute approximate surface area is 80.3 Å². The van der Waals surface area contributed by atoms with Gasteiger partial charge in [-0.25, -0.2) is 0 Å². The van der Waals surface area contributed by atoms with Crippen LogP contribution in [0.15, 0.2) is 0 Å². The van der Waals surface area contributed by atoms with Crippen LogP contribution in [-0.4, -0.2) is 19.8 Å². The molecule has 0 spiro atoms. The maximum Gasteiger partial charge on any atom is 0.0468 e. The molecule has 72 valence electrons. The lowest BCUT2D eigenvalue weighted by molar-refractivity contribution is 0.0583. The lowest BCUT2D eigenvalue weighted by Gasteiger charge is -2.21. The molecular formula is C9H18ClNO. The molecule has 2 aliphatic rings. The quantitative estimate of drug-likeness (QED) is 0.717. The number of hydrogen-bond donors (Lipinski definition) is 1. The van der Waals surface area contributed by atoms with Gasteiger partial charge >= 0.3 is 0 Å². The molecule has 0 aromatic heterocycles. The minimum absolute atomic E-state index is 0. The van der Waals surface area contributed by atoms with Crippen molar-refractivity contribution in [2.75, 3.05) is 19.8 Å². The number of ether oxygens (including phenoxy) is 1. The summed E-state index contributed by atoms with van der Waals surface area (Å²) in [4.78, 5) is 0. The third-order valence-corrected chi connectivity index (χ3v) is 3.15.